The monoisotopic (exact) mass is 417 g/mol. The molecule has 27 heavy (non-hydrogen) atoms. The molecular formula is C18H29ClN3O4P. The second kappa shape index (κ2) is 11.6. The summed E-state index contributed by atoms with van der Waals surface area (Å²) in [6.07, 6.45) is 4.30. The van der Waals surface area contributed by atoms with Gasteiger partial charge < -0.3 is 24.5 Å². The Kier molecular flexibility index (Phi) is 10.2. The first-order valence-corrected chi connectivity index (χ1v) is 10.9. The van der Waals surface area contributed by atoms with E-state index in [1.54, 1.807) is 0 Å². The third-order valence-electron chi connectivity index (χ3n) is 4.21. The van der Waals surface area contributed by atoms with E-state index < -0.39 is 7.82 Å². The SMILES string of the molecule is CCN(CC)CCCCN(C)c1ccnc2cc(Cl)ccc12.O=P(O)(O)O. The predicted octanol–water partition coefficient (Wildman–Crippen LogP) is 3.52. The summed E-state index contributed by atoms with van der Waals surface area (Å²) in [5.74, 6) is 0. The molecule has 0 atom stereocenters. The van der Waals surface area contributed by atoms with Crippen LogP contribution < -0.4 is 4.90 Å². The average molecular weight is 418 g/mol. The fourth-order valence-corrected chi connectivity index (χ4v) is 2.95. The summed E-state index contributed by atoms with van der Waals surface area (Å²) in [4.78, 5) is 30.8. The highest BCUT2D eigenvalue weighted by Crippen LogP contribution is 2.27. The molecule has 0 bridgehead atoms. The predicted molar refractivity (Wildman–Crippen MR) is 111 cm³/mol. The van der Waals surface area contributed by atoms with Crippen LogP contribution in [0.5, 0.6) is 0 Å². The molecule has 2 rings (SSSR count). The van der Waals surface area contributed by atoms with Crippen molar-refractivity contribution >= 4 is 36.0 Å². The number of unbranched alkanes of at least 4 members (excludes halogenated alkanes) is 1. The zero-order chi connectivity index (χ0) is 20.4. The van der Waals surface area contributed by atoms with Crippen molar-refractivity contribution in [3.63, 3.8) is 0 Å². The third-order valence-corrected chi connectivity index (χ3v) is 4.44. The normalized spacial score (nSPS) is 11.4. The Hall–Kier alpha value is -1.21. The Morgan fingerprint density at radius 2 is 1.67 bits per heavy atom. The number of nitrogens with zero attached hydrogens (tertiary/aromatic N) is 3. The van der Waals surface area contributed by atoms with E-state index in [1.807, 2.05) is 18.3 Å². The molecule has 1 heterocycles. The molecule has 0 fully saturated rings. The van der Waals surface area contributed by atoms with Crippen molar-refractivity contribution in [2.45, 2.75) is 26.7 Å². The lowest BCUT2D eigenvalue weighted by Crippen LogP contribution is -2.25. The molecule has 0 aliphatic rings. The van der Waals surface area contributed by atoms with Crippen molar-refractivity contribution in [3.8, 4) is 0 Å². The zero-order valence-electron chi connectivity index (χ0n) is 16.0. The van der Waals surface area contributed by atoms with E-state index in [4.69, 9.17) is 30.8 Å². The minimum Gasteiger partial charge on any atom is -0.374 e. The molecule has 1 aromatic heterocycles. The lowest BCUT2D eigenvalue weighted by atomic mass is 10.1. The number of anilines is 1. The van der Waals surface area contributed by atoms with E-state index in [0.717, 1.165) is 35.6 Å². The Balaban J connectivity index is 0.000000646. The summed E-state index contributed by atoms with van der Waals surface area (Å²) >= 11 is 6.05. The molecule has 0 saturated heterocycles. The highest BCUT2D eigenvalue weighted by Gasteiger charge is 2.07. The van der Waals surface area contributed by atoms with Crippen LogP contribution in [0.15, 0.2) is 30.5 Å². The summed E-state index contributed by atoms with van der Waals surface area (Å²) in [5, 5.41) is 1.90. The number of aromatic nitrogens is 1. The molecule has 0 aliphatic heterocycles. The number of rotatable bonds is 8. The Morgan fingerprint density at radius 1 is 1.07 bits per heavy atom. The maximum Gasteiger partial charge on any atom is 0.466 e. The number of pyridine rings is 1. The lowest BCUT2D eigenvalue weighted by molar-refractivity contribution is 0.275. The van der Waals surface area contributed by atoms with Gasteiger partial charge in [-0.1, -0.05) is 25.4 Å². The fraction of sp³-hybridized carbons (Fsp3) is 0.500. The van der Waals surface area contributed by atoms with Crippen LogP contribution in [0.3, 0.4) is 0 Å². The number of fused-ring (bicyclic) bond motifs is 1. The summed E-state index contributed by atoms with van der Waals surface area (Å²) in [6.45, 7) is 8.98. The molecule has 0 saturated carbocycles. The van der Waals surface area contributed by atoms with Crippen LogP contribution in [0, 0.1) is 0 Å². The van der Waals surface area contributed by atoms with E-state index in [-0.39, 0.29) is 0 Å². The average Bonchev–Trinajstić information content (AvgIpc) is 2.59. The van der Waals surface area contributed by atoms with Gasteiger partial charge in [0.05, 0.1) is 5.52 Å². The van der Waals surface area contributed by atoms with Crippen molar-refractivity contribution in [3.05, 3.63) is 35.5 Å². The highest BCUT2D eigenvalue weighted by molar-refractivity contribution is 7.45. The van der Waals surface area contributed by atoms with Gasteiger partial charge in [0, 0.05) is 35.9 Å². The van der Waals surface area contributed by atoms with Gasteiger partial charge in [-0.3, -0.25) is 4.98 Å². The number of halogens is 1. The Bertz CT molecular complexity index is 744. The molecule has 2 aromatic rings. The standard InChI is InChI=1S/C18H26ClN3.H3O4P/c1-4-22(5-2)13-7-6-12-21(3)18-10-11-20-17-14-15(19)8-9-16(17)18;1-5(2,3)4/h8-11,14H,4-7,12-13H2,1-3H3;(H3,1,2,3,4). The van der Waals surface area contributed by atoms with Crippen LogP contribution in [-0.4, -0.2) is 57.8 Å². The van der Waals surface area contributed by atoms with Gasteiger partial charge in [0.15, 0.2) is 0 Å². The van der Waals surface area contributed by atoms with E-state index in [1.165, 1.54) is 25.1 Å². The minimum atomic E-state index is -4.64. The lowest BCUT2D eigenvalue weighted by Gasteiger charge is -2.22. The van der Waals surface area contributed by atoms with Gasteiger partial charge in [0.25, 0.3) is 0 Å². The molecule has 0 radical (unpaired) electrons. The third kappa shape index (κ3) is 9.51. The quantitative estimate of drug-likeness (QED) is 0.446. The Labute approximate surface area is 165 Å². The first kappa shape index (κ1) is 23.8. The number of hydrogen-bond donors (Lipinski definition) is 3. The van der Waals surface area contributed by atoms with Crippen LogP contribution in [0.1, 0.15) is 26.7 Å². The highest BCUT2D eigenvalue weighted by atomic mass is 35.5. The topological polar surface area (TPSA) is 97.1 Å². The van der Waals surface area contributed by atoms with Gasteiger partial charge in [-0.05, 0) is 56.7 Å². The number of hydrogen-bond acceptors (Lipinski definition) is 4. The molecule has 3 N–H and O–H groups in total. The molecule has 9 heteroatoms. The molecule has 0 amide bonds. The van der Waals surface area contributed by atoms with Gasteiger partial charge in [0.1, 0.15) is 0 Å². The molecule has 0 aliphatic carbocycles. The van der Waals surface area contributed by atoms with Gasteiger partial charge in [-0.15, -0.1) is 0 Å². The van der Waals surface area contributed by atoms with E-state index in [9.17, 15) is 0 Å². The van der Waals surface area contributed by atoms with E-state index in [2.05, 4.69) is 47.8 Å². The molecule has 0 unspecified atom stereocenters. The van der Waals surface area contributed by atoms with E-state index >= 15 is 0 Å². The van der Waals surface area contributed by atoms with Gasteiger partial charge >= 0.3 is 7.82 Å². The summed E-state index contributed by atoms with van der Waals surface area (Å²) in [7, 11) is -2.49. The maximum atomic E-state index is 8.88. The van der Waals surface area contributed by atoms with Crippen molar-refractivity contribution in [2.24, 2.45) is 0 Å². The molecule has 152 valence electrons. The van der Waals surface area contributed by atoms with E-state index in [0.29, 0.717) is 0 Å². The zero-order valence-corrected chi connectivity index (χ0v) is 17.7. The summed E-state index contributed by atoms with van der Waals surface area (Å²) < 4.78 is 8.88. The molecule has 1 aromatic carbocycles. The Morgan fingerprint density at radius 3 is 2.26 bits per heavy atom. The minimum absolute atomic E-state index is 0.735. The van der Waals surface area contributed by atoms with Gasteiger partial charge in [-0.2, -0.15) is 0 Å². The molecule has 7 nitrogen and oxygen atoms in total. The van der Waals surface area contributed by atoms with Gasteiger partial charge in [-0.25, -0.2) is 4.57 Å². The second-order valence-electron chi connectivity index (χ2n) is 6.16. The first-order valence-electron chi connectivity index (χ1n) is 8.91. The number of phosphoric acid groups is 1. The van der Waals surface area contributed by atoms with Crippen LogP contribution >= 0.6 is 19.4 Å². The van der Waals surface area contributed by atoms with Crippen LogP contribution in [0.4, 0.5) is 5.69 Å². The largest absolute Gasteiger partial charge is 0.466 e. The molecular weight excluding hydrogens is 389 g/mol. The van der Waals surface area contributed by atoms with Crippen molar-refractivity contribution in [1.29, 1.82) is 0 Å². The fourth-order valence-electron chi connectivity index (χ4n) is 2.78. The van der Waals surface area contributed by atoms with Crippen molar-refractivity contribution in [1.82, 2.24) is 9.88 Å². The van der Waals surface area contributed by atoms with Crippen molar-refractivity contribution in [2.75, 3.05) is 38.1 Å². The van der Waals surface area contributed by atoms with Crippen LogP contribution in [-0.2, 0) is 4.57 Å². The van der Waals surface area contributed by atoms with Crippen LogP contribution in [0.2, 0.25) is 5.02 Å². The maximum absolute atomic E-state index is 8.88. The number of benzene rings is 1. The summed E-state index contributed by atoms with van der Waals surface area (Å²) in [6, 6.07) is 8.00. The second-order valence-corrected chi connectivity index (χ2v) is 7.62. The summed E-state index contributed by atoms with van der Waals surface area (Å²) in [5.41, 5.74) is 2.18. The molecule has 0 spiro atoms. The van der Waals surface area contributed by atoms with Crippen molar-refractivity contribution < 1.29 is 19.2 Å². The van der Waals surface area contributed by atoms with Crippen LogP contribution in [0.25, 0.3) is 10.9 Å². The van der Waals surface area contributed by atoms with Gasteiger partial charge in [0.2, 0.25) is 0 Å². The first-order chi connectivity index (χ1) is 12.7. The smallest absolute Gasteiger partial charge is 0.374 e.